The lowest BCUT2D eigenvalue weighted by molar-refractivity contribution is 0.471. The average molecular weight is 204 g/mol. The Balaban J connectivity index is 3.02. The van der Waals surface area contributed by atoms with Gasteiger partial charge in [0.15, 0.2) is 0 Å². The smallest absolute Gasteiger partial charge is 0.118 e. The van der Waals surface area contributed by atoms with E-state index in [1.54, 1.807) is 18.3 Å². The maximum atomic E-state index is 9.38. The van der Waals surface area contributed by atoms with Gasteiger partial charge in [-0.05, 0) is 37.1 Å². The molecule has 0 aliphatic heterocycles. The average Bonchev–Trinajstić information content (AvgIpc) is 2.24. The van der Waals surface area contributed by atoms with Gasteiger partial charge in [0.05, 0.1) is 0 Å². The van der Waals surface area contributed by atoms with E-state index in [4.69, 9.17) is 5.41 Å². The van der Waals surface area contributed by atoms with Gasteiger partial charge in [-0.2, -0.15) is 0 Å². The standard InChI is InChI=1S/C12H16N2O/c1-3-14-8-11(7-13)10-4-5-12(15)9(2)6-10/h4-8,13-15H,3H2,1-2H3/b11-8+,13-7?. The van der Waals surface area contributed by atoms with Crippen molar-refractivity contribution in [2.45, 2.75) is 13.8 Å². The Labute approximate surface area is 90.0 Å². The fourth-order valence-electron chi connectivity index (χ4n) is 1.26. The first-order valence-electron chi connectivity index (χ1n) is 4.93. The van der Waals surface area contributed by atoms with Crippen LogP contribution in [0.15, 0.2) is 24.4 Å². The minimum absolute atomic E-state index is 0.284. The zero-order valence-corrected chi connectivity index (χ0v) is 9.04. The molecule has 0 aliphatic carbocycles. The zero-order chi connectivity index (χ0) is 11.3. The third kappa shape index (κ3) is 2.84. The van der Waals surface area contributed by atoms with Crippen LogP contribution in [0, 0.1) is 12.3 Å². The molecule has 0 spiro atoms. The first-order chi connectivity index (χ1) is 7.19. The molecule has 1 aromatic carbocycles. The maximum absolute atomic E-state index is 9.38. The van der Waals surface area contributed by atoms with Gasteiger partial charge in [-0.25, -0.2) is 0 Å². The van der Waals surface area contributed by atoms with Crippen LogP contribution in [0.5, 0.6) is 5.75 Å². The minimum Gasteiger partial charge on any atom is -0.508 e. The Kier molecular flexibility index (Phi) is 3.92. The highest BCUT2D eigenvalue weighted by molar-refractivity contribution is 6.08. The molecule has 3 N–H and O–H groups in total. The van der Waals surface area contributed by atoms with Crippen molar-refractivity contribution in [1.82, 2.24) is 5.32 Å². The Morgan fingerprint density at radius 3 is 2.80 bits per heavy atom. The van der Waals surface area contributed by atoms with Crippen LogP contribution in [-0.2, 0) is 0 Å². The van der Waals surface area contributed by atoms with Crippen molar-refractivity contribution < 1.29 is 5.11 Å². The van der Waals surface area contributed by atoms with Crippen LogP contribution in [0.1, 0.15) is 18.1 Å². The minimum atomic E-state index is 0.284. The van der Waals surface area contributed by atoms with Crippen LogP contribution in [-0.4, -0.2) is 17.9 Å². The van der Waals surface area contributed by atoms with E-state index < -0.39 is 0 Å². The number of aryl methyl sites for hydroxylation is 1. The van der Waals surface area contributed by atoms with Crippen LogP contribution in [0.25, 0.3) is 5.57 Å². The van der Waals surface area contributed by atoms with E-state index in [0.717, 1.165) is 23.2 Å². The summed E-state index contributed by atoms with van der Waals surface area (Å²) in [5.41, 5.74) is 2.55. The van der Waals surface area contributed by atoms with Crippen molar-refractivity contribution in [3.63, 3.8) is 0 Å². The number of phenols is 1. The largest absolute Gasteiger partial charge is 0.508 e. The van der Waals surface area contributed by atoms with Crippen LogP contribution < -0.4 is 5.32 Å². The first-order valence-corrected chi connectivity index (χ1v) is 4.93. The van der Waals surface area contributed by atoms with E-state index in [2.05, 4.69) is 5.32 Å². The van der Waals surface area contributed by atoms with E-state index in [1.807, 2.05) is 19.9 Å². The maximum Gasteiger partial charge on any atom is 0.118 e. The zero-order valence-electron chi connectivity index (χ0n) is 9.04. The molecule has 0 saturated carbocycles. The summed E-state index contributed by atoms with van der Waals surface area (Å²) in [6.45, 7) is 4.67. The summed E-state index contributed by atoms with van der Waals surface area (Å²) in [6.07, 6.45) is 3.10. The topological polar surface area (TPSA) is 56.1 Å². The number of hydrogen-bond donors (Lipinski definition) is 3. The molecular weight excluding hydrogens is 188 g/mol. The Hall–Kier alpha value is -1.77. The third-order valence-electron chi connectivity index (χ3n) is 2.15. The lowest BCUT2D eigenvalue weighted by atomic mass is 10.0. The molecule has 0 unspecified atom stereocenters. The van der Waals surface area contributed by atoms with Crippen LogP contribution >= 0.6 is 0 Å². The van der Waals surface area contributed by atoms with Crippen LogP contribution in [0.4, 0.5) is 0 Å². The quantitative estimate of drug-likeness (QED) is 0.659. The predicted octanol–water partition coefficient (Wildman–Crippen LogP) is 2.30. The van der Waals surface area contributed by atoms with E-state index in [0.29, 0.717) is 0 Å². The number of benzene rings is 1. The van der Waals surface area contributed by atoms with E-state index in [-0.39, 0.29) is 5.75 Å². The number of rotatable bonds is 4. The Morgan fingerprint density at radius 1 is 1.53 bits per heavy atom. The van der Waals surface area contributed by atoms with Crippen molar-refractivity contribution in [1.29, 1.82) is 5.41 Å². The molecule has 3 heteroatoms. The summed E-state index contributed by atoms with van der Waals surface area (Å²) in [5.74, 6) is 0.284. The van der Waals surface area contributed by atoms with Gasteiger partial charge in [-0.15, -0.1) is 0 Å². The predicted molar refractivity (Wildman–Crippen MR) is 63.3 cm³/mol. The summed E-state index contributed by atoms with van der Waals surface area (Å²) >= 11 is 0. The molecule has 0 atom stereocenters. The van der Waals surface area contributed by atoms with Crippen molar-refractivity contribution in [2.24, 2.45) is 0 Å². The van der Waals surface area contributed by atoms with Gasteiger partial charge in [0, 0.05) is 24.5 Å². The van der Waals surface area contributed by atoms with Crippen molar-refractivity contribution >= 4 is 11.8 Å². The number of hydrogen-bond acceptors (Lipinski definition) is 3. The molecule has 1 rings (SSSR count). The highest BCUT2D eigenvalue weighted by Crippen LogP contribution is 2.20. The molecule has 1 aromatic rings. The monoisotopic (exact) mass is 204 g/mol. The van der Waals surface area contributed by atoms with Crippen molar-refractivity contribution in [2.75, 3.05) is 6.54 Å². The van der Waals surface area contributed by atoms with Crippen molar-refractivity contribution in [3.05, 3.63) is 35.5 Å². The molecule has 0 radical (unpaired) electrons. The lowest BCUT2D eigenvalue weighted by Crippen LogP contribution is -2.04. The third-order valence-corrected chi connectivity index (χ3v) is 2.15. The molecule has 0 heterocycles. The Morgan fingerprint density at radius 2 is 2.27 bits per heavy atom. The molecule has 15 heavy (non-hydrogen) atoms. The molecule has 0 amide bonds. The van der Waals surface area contributed by atoms with Crippen LogP contribution in [0.3, 0.4) is 0 Å². The summed E-state index contributed by atoms with van der Waals surface area (Å²) < 4.78 is 0. The second-order valence-corrected chi connectivity index (χ2v) is 3.30. The number of aromatic hydroxyl groups is 1. The summed E-state index contributed by atoms with van der Waals surface area (Å²) in [4.78, 5) is 0. The van der Waals surface area contributed by atoms with Gasteiger partial charge in [-0.3, -0.25) is 0 Å². The molecule has 80 valence electrons. The molecule has 0 saturated heterocycles. The SMILES string of the molecule is CCN/C=C(\C=N)c1ccc(O)c(C)c1. The lowest BCUT2D eigenvalue weighted by Gasteiger charge is -2.05. The highest BCUT2D eigenvalue weighted by Gasteiger charge is 2.01. The molecule has 0 aromatic heterocycles. The van der Waals surface area contributed by atoms with Gasteiger partial charge in [0.2, 0.25) is 0 Å². The first kappa shape index (κ1) is 11.3. The molecule has 0 bridgehead atoms. The second-order valence-electron chi connectivity index (χ2n) is 3.30. The number of nitrogens with one attached hydrogen (secondary N) is 2. The molecular formula is C12H16N2O. The van der Waals surface area contributed by atoms with E-state index >= 15 is 0 Å². The fourth-order valence-corrected chi connectivity index (χ4v) is 1.26. The molecule has 0 fully saturated rings. The summed E-state index contributed by atoms with van der Waals surface area (Å²) in [6, 6.07) is 5.31. The van der Waals surface area contributed by atoms with Crippen LogP contribution in [0.2, 0.25) is 0 Å². The van der Waals surface area contributed by atoms with Gasteiger partial charge in [0.1, 0.15) is 5.75 Å². The fraction of sp³-hybridized carbons (Fsp3) is 0.250. The van der Waals surface area contributed by atoms with Gasteiger partial charge in [0.25, 0.3) is 0 Å². The van der Waals surface area contributed by atoms with Crippen molar-refractivity contribution in [3.8, 4) is 5.75 Å². The second kappa shape index (κ2) is 5.20. The number of phenolic OH excluding ortho intramolecular Hbond substituents is 1. The number of allylic oxidation sites excluding steroid dienone is 1. The molecule has 3 nitrogen and oxygen atoms in total. The van der Waals surface area contributed by atoms with Gasteiger partial charge >= 0.3 is 0 Å². The Bertz CT molecular complexity index is 383. The van der Waals surface area contributed by atoms with Gasteiger partial charge in [-0.1, -0.05) is 6.07 Å². The summed E-state index contributed by atoms with van der Waals surface area (Å²) in [5, 5.41) is 19.7. The summed E-state index contributed by atoms with van der Waals surface area (Å²) in [7, 11) is 0. The van der Waals surface area contributed by atoms with E-state index in [1.165, 1.54) is 6.21 Å². The van der Waals surface area contributed by atoms with E-state index in [9.17, 15) is 5.11 Å². The molecule has 0 aliphatic rings. The normalized spacial score (nSPS) is 11.2. The highest BCUT2D eigenvalue weighted by atomic mass is 16.3. The van der Waals surface area contributed by atoms with Gasteiger partial charge < -0.3 is 15.8 Å².